The first-order valence-corrected chi connectivity index (χ1v) is 10.9. The van der Waals surface area contributed by atoms with Crippen LogP contribution in [0.2, 0.25) is 0 Å². The molecule has 1 heterocycles. The Hall–Kier alpha value is -1.28. The molecule has 1 aliphatic rings. The standard InChI is InChI=1S/C24H38O2/c1-2-3-4-5-6-7-8-9-10-11-12-13-14-15-22-16-18-23(19-17-22)25-20-24-21-26-24/h11-12,16-19,24H,2-10,13-15,20-21H2,1H3/b12-11+. The van der Waals surface area contributed by atoms with Gasteiger partial charge in [0, 0.05) is 0 Å². The number of epoxide rings is 1. The molecule has 0 bridgehead atoms. The molecule has 0 spiro atoms. The minimum Gasteiger partial charge on any atom is -0.491 e. The van der Waals surface area contributed by atoms with Gasteiger partial charge in [0.15, 0.2) is 0 Å². The van der Waals surface area contributed by atoms with E-state index in [1.807, 2.05) is 0 Å². The number of hydrogen-bond donors (Lipinski definition) is 0. The monoisotopic (exact) mass is 358 g/mol. The van der Waals surface area contributed by atoms with E-state index in [9.17, 15) is 0 Å². The van der Waals surface area contributed by atoms with Crippen molar-refractivity contribution < 1.29 is 9.47 Å². The fourth-order valence-corrected chi connectivity index (χ4v) is 3.16. The van der Waals surface area contributed by atoms with Crippen LogP contribution in [0.4, 0.5) is 0 Å². The van der Waals surface area contributed by atoms with E-state index < -0.39 is 0 Å². The lowest BCUT2D eigenvalue weighted by Crippen LogP contribution is -2.03. The van der Waals surface area contributed by atoms with Gasteiger partial charge < -0.3 is 9.47 Å². The molecule has 2 rings (SSSR count). The Morgan fingerprint density at radius 3 is 2.15 bits per heavy atom. The first-order chi connectivity index (χ1) is 12.9. The van der Waals surface area contributed by atoms with Gasteiger partial charge in [0.25, 0.3) is 0 Å². The van der Waals surface area contributed by atoms with Crippen LogP contribution in [0.1, 0.15) is 83.1 Å². The van der Waals surface area contributed by atoms with Gasteiger partial charge in [0.1, 0.15) is 18.5 Å². The molecule has 0 N–H and O–H groups in total. The third kappa shape index (κ3) is 10.7. The second kappa shape index (κ2) is 13.9. The van der Waals surface area contributed by atoms with E-state index in [0.29, 0.717) is 12.7 Å². The minimum atomic E-state index is 0.326. The summed E-state index contributed by atoms with van der Waals surface area (Å²) in [6.45, 7) is 3.82. The predicted octanol–water partition coefficient (Wildman–Crippen LogP) is 6.87. The Kier molecular flexibility index (Phi) is 11.2. The number of hydrogen-bond acceptors (Lipinski definition) is 2. The Balaban J connectivity index is 1.40. The zero-order valence-electron chi connectivity index (χ0n) is 16.8. The van der Waals surface area contributed by atoms with E-state index in [4.69, 9.17) is 9.47 Å². The van der Waals surface area contributed by atoms with Crippen LogP contribution in [0.5, 0.6) is 5.75 Å². The molecule has 2 nitrogen and oxygen atoms in total. The summed E-state index contributed by atoms with van der Waals surface area (Å²) in [6, 6.07) is 8.53. The fourth-order valence-electron chi connectivity index (χ4n) is 3.16. The Morgan fingerprint density at radius 1 is 0.885 bits per heavy atom. The van der Waals surface area contributed by atoms with Crippen molar-refractivity contribution in [3.05, 3.63) is 42.0 Å². The van der Waals surface area contributed by atoms with Gasteiger partial charge in [-0.25, -0.2) is 0 Å². The highest BCUT2D eigenvalue weighted by Gasteiger charge is 2.22. The number of allylic oxidation sites excluding steroid dienone is 2. The average molecular weight is 359 g/mol. The molecule has 0 aliphatic carbocycles. The number of unbranched alkanes of at least 4 members (excludes halogenated alkanes) is 9. The van der Waals surface area contributed by atoms with Crippen LogP contribution in [-0.2, 0) is 11.2 Å². The molecule has 1 aromatic rings. The average Bonchev–Trinajstić information content (AvgIpc) is 3.49. The molecule has 0 saturated carbocycles. The Labute approximate surface area is 161 Å². The molecule has 1 atom stereocenters. The predicted molar refractivity (Wildman–Crippen MR) is 111 cm³/mol. The van der Waals surface area contributed by atoms with E-state index in [0.717, 1.165) is 18.8 Å². The molecule has 1 unspecified atom stereocenters. The lowest BCUT2D eigenvalue weighted by molar-refractivity contribution is 0.263. The zero-order chi connectivity index (χ0) is 18.3. The van der Waals surface area contributed by atoms with Crippen molar-refractivity contribution in [3.8, 4) is 5.75 Å². The van der Waals surface area contributed by atoms with Crippen molar-refractivity contribution >= 4 is 0 Å². The molecule has 26 heavy (non-hydrogen) atoms. The van der Waals surface area contributed by atoms with E-state index in [2.05, 4.69) is 43.3 Å². The molecular formula is C24H38O2. The number of aryl methyl sites for hydroxylation is 1. The van der Waals surface area contributed by atoms with Crippen LogP contribution >= 0.6 is 0 Å². The molecule has 1 saturated heterocycles. The molecule has 1 aliphatic heterocycles. The maximum absolute atomic E-state index is 5.67. The second-order valence-corrected chi connectivity index (χ2v) is 7.54. The van der Waals surface area contributed by atoms with Crippen molar-refractivity contribution in [2.75, 3.05) is 13.2 Å². The van der Waals surface area contributed by atoms with Gasteiger partial charge in [0.05, 0.1) is 6.61 Å². The number of rotatable bonds is 16. The molecule has 0 radical (unpaired) electrons. The second-order valence-electron chi connectivity index (χ2n) is 7.54. The van der Waals surface area contributed by atoms with Gasteiger partial charge >= 0.3 is 0 Å². The maximum atomic E-state index is 5.67. The van der Waals surface area contributed by atoms with Crippen LogP contribution < -0.4 is 4.74 Å². The Morgan fingerprint density at radius 2 is 1.50 bits per heavy atom. The van der Waals surface area contributed by atoms with Gasteiger partial charge in [-0.15, -0.1) is 0 Å². The van der Waals surface area contributed by atoms with E-state index in [1.54, 1.807) is 0 Å². The Bertz CT molecular complexity index is 473. The third-order valence-electron chi connectivity index (χ3n) is 4.99. The van der Waals surface area contributed by atoms with Crippen molar-refractivity contribution in [2.24, 2.45) is 0 Å². The quantitative estimate of drug-likeness (QED) is 0.183. The van der Waals surface area contributed by atoms with E-state index >= 15 is 0 Å². The summed E-state index contributed by atoms with van der Waals surface area (Å²) in [6.07, 6.45) is 21.1. The first kappa shape index (κ1) is 21.0. The highest BCUT2D eigenvalue weighted by atomic mass is 16.6. The fraction of sp³-hybridized carbons (Fsp3) is 0.667. The van der Waals surface area contributed by atoms with Crippen LogP contribution in [0.15, 0.2) is 36.4 Å². The summed E-state index contributed by atoms with van der Waals surface area (Å²) < 4.78 is 10.8. The van der Waals surface area contributed by atoms with Crippen molar-refractivity contribution in [1.82, 2.24) is 0 Å². The number of ether oxygens (including phenoxy) is 2. The molecular weight excluding hydrogens is 320 g/mol. The summed E-state index contributed by atoms with van der Waals surface area (Å²) in [5, 5.41) is 0. The van der Waals surface area contributed by atoms with Crippen LogP contribution in [0.25, 0.3) is 0 Å². The molecule has 0 amide bonds. The summed E-state index contributed by atoms with van der Waals surface area (Å²) >= 11 is 0. The third-order valence-corrected chi connectivity index (χ3v) is 4.99. The smallest absolute Gasteiger partial charge is 0.119 e. The van der Waals surface area contributed by atoms with Gasteiger partial charge in [-0.3, -0.25) is 0 Å². The van der Waals surface area contributed by atoms with Gasteiger partial charge in [0.2, 0.25) is 0 Å². The zero-order valence-corrected chi connectivity index (χ0v) is 16.8. The van der Waals surface area contributed by atoms with E-state index in [-0.39, 0.29) is 0 Å². The van der Waals surface area contributed by atoms with Gasteiger partial charge in [-0.05, 0) is 49.8 Å². The molecule has 0 aromatic heterocycles. The number of benzene rings is 1. The van der Waals surface area contributed by atoms with Crippen molar-refractivity contribution in [1.29, 1.82) is 0 Å². The highest BCUT2D eigenvalue weighted by molar-refractivity contribution is 5.27. The normalized spacial score (nSPS) is 16.3. The molecule has 2 heteroatoms. The minimum absolute atomic E-state index is 0.326. The van der Waals surface area contributed by atoms with Gasteiger partial charge in [-0.2, -0.15) is 0 Å². The molecule has 146 valence electrons. The summed E-state index contributed by atoms with van der Waals surface area (Å²) in [4.78, 5) is 0. The summed E-state index contributed by atoms with van der Waals surface area (Å²) in [5.74, 6) is 0.953. The lowest BCUT2D eigenvalue weighted by Gasteiger charge is -2.05. The van der Waals surface area contributed by atoms with Crippen molar-refractivity contribution in [3.63, 3.8) is 0 Å². The van der Waals surface area contributed by atoms with Crippen LogP contribution in [0, 0.1) is 0 Å². The van der Waals surface area contributed by atoms with Crippen LogP contribution in [0.3, 0.4) is 0 Å². The topological polar surface area (TPSA) is 21.8 Å². The molecule has 1 aromatic carbocycles. The summed E-state index contributed by atoms with van der Waals surface area (Å²) in [5.41, 5.74) is 1.40. The maximum Gasteiger partial charge on any atom is 0.119 e. The van der Waals surface area contributed by atoms with Crippen molar-refractivity contribution in [2.45, 2.75) is 90.1 Å². The largest absolute Gasteiger partial charge is 0.491 e. The SMILES string of the molecule is CCCCCCCCCC/C=C/CCCc1ccc(OCC2CO2)cc1. The van der Waals surface area contributed by atoms with E-state index in [1.165, 1.54) is 76.2 Å². The summed E-state index contributed by atoms with van der Waals surface area (Å²) in [7, 11) is 0. The molecule has 1 fully saturated rings. The van der Waals surface area contributed by atoms with Crippen LogP contribution in [-0.4, -0.2) is 19.3 Å². The highest BCUT2D eigenvalue weighted by Crippen LogP contribution is 2.17. The lowest BCUT2D eigenvalue weighted by atomic mass is 10.1. The van der Waals surface area contributed by atoms with Gasteiger partial charge in [-0.1, -0.05) is 76.2 Å². The first-order valence-electron chi connectivity index (χ1n) is 10.9.